The van der Waals surface area contributed by atoms with E-state index < -0.39 is 27.7 Å². The molecule has 198 valence electrons. The van der Waals surface area contributed by atoms with Crippen LogP contribution in [0.25, 0.3) is 0 Å². The van der Waals surface area contributed by atoms with E-state index in [2.05, 4.69) is 10.0 Å². The highest BCUT2D eigenvalue weighted by molar-refractivity contribution is 7.92. The van der Waals surface area contributed by atoms with Crippen molar-refractivity contribution >= 4 is 44.8 Å². The molecule has 0 radical (unpaired) electrons. The molecule has 0 saturated carbocycles. The average molecular weight is 551 g/mol. The molecule has 0 fully saturated rings. The predicted octanol–water partition coefficient (Wildman–Crippen LogP) is 3.07. The lowest BCUT2D eigenvalue weighted by Crippen LogP contribution is -2.52. The molecular formula is C22H26ClF3N4O5S. The van der Waals surface area contributed by atoms with Crippen molar-refractivity contribution in [1.29, 1.82) is 0 Å². The van der Waals surface area contributed by atoms with Gasteiger partial charge in [0.1, 0.15) is 0 Å². The number of nitrogens with zero attached hydrogens (tertiary/aromatic N) is 1. The maximum atomic E-state index is 12.8. The molecule has 2 aromatic rings. The number of hydrogen-bond acceptors (Lipinski definition) is 6. The van der Waals surface area contributed by atoms with Crippen LogP contribution in [0.1, 0.15) is 23.7 Å². The lowest BCUT2D eigenvalue weighted by molar-refractivity contribution is -0.242. The molecule has 2 amide bonds. The molecular weight excluding hydrogens is 525 g/mol. The average Bonchev–Trinajstić information content (AvgIpc) is 2.77. The van der Waals surface area contributed by atoms with Gasteiger partial charge in [0.05, 0.1) is 15.6 Å². The number of carbonyl (C=O) groups is 2. The van der Waals surface area contributed by atoms with Crippen LogP contribution >= 0.6 is 11.6 Å². The summed E-state index contributed by atoms with van der Waals surface area (Å²) in [6.45, 7) is 1.57. The third-order valence-corrected chi connectivity index (χ3v) is 6.65. The quantitative estimate of drug-likeness (QED) is 0.337. The number of benzene rings is 2. The van der Waals surface area contributed by atoms with Crippen LogP contribution in [-0.2, 0) is 14.8 Å². The molecule has 0 spiro atoms. The highest BCUT2D eigenvalue weighted by Gasteiger charge is 2.55. The topological polar surface area (TPSA) is 128 Å². The van der Waals surface area contributed by atoms with E-state index in [0.717, 1.165) is 31.2 Å². The molecule has 0 aliphatic carbocycles. The van der Waals surface area contributed by atoms with Crippen molar-refractivity contribution in [3.8, 4) is 0 Å². The van der Waals surface area contributed by atoms with Gasteiger partial charge in [0.15, 0.2) is 0 Å². The molecule has 36 heavy (non-hydrogen) atoms. The third-order valence-electron chi connectivity index (χ3n) is 4.96. The Balaban J connectivity index is 2.07. The second kappa shape index (κ2) is 11.5. The van der Waals surface area contributed by atoms with Gasteiger partial charge in [-0.3, -0.25) is 14.3 Å². The minimum Gasteiger partial charge on any atom is -0.373 e. The Labute approximate surface area is 211 Å². The summed E-state index contributed by atoms with van der Waals surface area (Å²) in [5.41, 5.74) is -3.53. The van der Waals surface area contributed by atoms with E-state index in [-0.39, 0.29) is 34.1 Å². The molecule has 0 aromatic heterocycles. The van der Waals surface area contributed by atoms with Crippen LogP contribution in [-0.4, -0.2) is 69.2 Å². The third kappa shape index (κ3) is 7.56. The van der Waals surface area contributed by atoms with Gasteiger partial charge in [0.25, 0.3) is 21.8 Å². The van der Waals surface area contributed by atoms with Gasteiger partial charge in [0.2, 0.25) is 5.60 Å². The van der Waals surface area contributed by atoms with Crippen molar-refractivity contribution in [2.24, 2.45) is 0 Å². The van der Waals surface area contributed by atoms with Crippen molar-refractivity contribution in [2.45, 2.75) is 30.0 Å². The van der Waals surface area contributed by atoms with E-state index in [4.69, 9.17) is 11.6 Å². The molecule has 9 nitrogen and oxygen atoms in total. The van der Waals surface area contributed by atoms with E-state index in [1.165, 1.54) is 24.3 Å². The standard InChI is InChI=1S/C22H26ClF3N4O5S/c1-21(33,22(24,25)26)20(32)28-18-10-9-16(13-17(18)23)36(34,35)29-15-7-5-14(6-8-15)19(31)27-11-4-12-30(2)3/h5-10,13,29,33H,4,11-12H2,1-3H3,(H,27,31)(H,28,32). The molecule has 1 atom stereocenters. The zero-order valence-corrected chi connectivity index (χ0v) is 21.2. The lowest BCUT2D eigenvalue weighted by atomic mass is 10.1. The number of alkyl halides is 3. The Kier molecular flexibility index (Phi) is 9.34. The van der Waals surface area contributed by atoms with Gasteiger partial charge in [0, 0.05) is 17.8 Å². The summed E-state index contributed by atoms with van der Waals surface area (Å²) in [6.07, 6.45) is -4.47. The Morgan fingerprint density at radius 1 is 1.08 bits per heavy atom. The maximum absolute atomic E-state index is 12.8. The minimum absolute atomic E-state index is 0.147. The van der Waals surface area contributed by atoms with Gasteiger partial charge in [-0.2, -0.15) is 13.2 Å². The first-order valence-corrected chi connectivity index (χ1v) is 12.4. The van der Waals surface area contributed by atoms with Crippen LogP contribution in [0, 0.1) is 0 Å². The molecule has 14 heteroatoms. The highest BCUT2D eigenvalue weighted by Crippen LogP contribution is 2.33. The van der Waals surface area contributed by atoms with Crippen LogP contribution in [0.5, 0.6) is 0 Å². The van der Waals surface area contributed by atoms with E-state index in [9.17, 15) is 36.3 Å². The van der Waals surface area contributed by atoms with Crippen molar-refractivity contribution in [1.82, 2.24) is 10.2 Å². The summed E-state index contributed by atoms with van der Waals surface area (Å²) in [4.78, 5) is 25.7. The fourth-order valence-corrected chi connectivity index (χ4v) is 4.12. The Bertz CT molecular complexity index is 1200. The first kappa shape index (κ1) is 29.4. The molecule has 0 bridgehead atoms. The fourth-order valence-electron chi connectivity index (χ4n) is 2.74. The monoisotopic (exact) mass is 550 g/mol. The number of anilines is 2. The molecule has 0 aliphatic heterocycles. The smallest absolute Gasteiger partial charge is 0.373 e. The van der Waals surface area contributed by atoms with Crippen LogP contribution in [0.15, 0.2) is 47.4 Å². The first-order chi connectivity index (χ1) is 16.5. The molecule has 4 N–H and O–H groups in total. The Morgan fingerprint density at radius 3 is 2.22 bits per heavy atom. The van der Waals surface area contributed by atoms with Gasteiger partial charge in [-0.1, -0.05) is 11.6 Å². The van der Waals surface area contributed by atoms with Crippen LogP contribution in [0.3, 0.4) is 0 Å². The van der Waals surface area contributed by atoms with Gasteiger partial charge in [-0.25, -0.2) is 8.42 Å². The summed E-state index contributed by atoms with van der Waals surface area (Å²) in [5, 5.41) is 13.7. The van der Waals surface area contributed by atoms with Crippen LogP contribution in [0.2, 0.25) is 5.02 Å². The predicted molar refractivity (Wildman–Crippen MR) is 130 cm³/mol. The summed E-state index contributed by atoms with van der Waals surface area (Å²) in [6, 6.07) is 8.60. The second-order valence-electron chi connectivity index (χ2n) is 8.26. The summed E-state index contributed by atoms with van der Waals surface area (Å²) in [7, 11) is -0.328. The van der Waals surface area contributed by atoms with Gasteiger partial charge >= 0.3 is 6.18 Å². The number of carbonyl (C=O) groups excluding carboxylic acids is 2. The Morgan fingerprint density at radius 2 is 1.69 bits per heavy atom. The van der Waals surface area contributed by atoms with Crippen molar-refractivity contribution in [2.75, 3.05) is 37.2 Å². The molecule has 2 aromatic carbocycles. The molecule has 2 rings (SSSR count). The molecule has 0 heterocycles. The molecule has 0 aliphatic rings. The lowest BCUT2D eigenvalue weighted by Gasteiger charge is -2.25. The number of hydrogen-bond donors (Lipinski definition) is 4. The number of sulfonamides is 1. The summed E-state index contributed by atoms with van der Waals surface area (Å²) in [5.74, 6) is -2.09. The normalized spacial score (nSPS) is 13.7. The van der Waals surface area contributed by atoms with Crippen molar-refractivity contribution in [3.63, 3.8) is 0 Å². The largest absolute Gasteiger partial charge is 0.426 e. The fraction of sp³-hybridized carbons (Fsp3) is 0.364. The second-order valence-corrected chi connectivity index (χ2v) is 10.4. The zero-order valence-electron chi connectivity index (χ0n) is 19.6. The SMILES string of the molecule is CN(C)CCCNC(=O)c1ccc(NS(=O)(=O)c2ccc(NC(=O)C(C)(O)C(F)(F)F)c(Cl)c2)cc1. The van der Waals surface area contributed by atoms with E-state index >= 15 is 0 Å². The van der Waals surface area contributed by atoms with Crippen LogP contribution < -0.4 is 15.4 Å². The number of nitrogens with one attached hydrogen (secondary N) is 3. The first-order valence-electron chi connectivity index (χ1n) is 10.5. The van der Waals surface area contributed by atoms with E-state index in [0.29, 0.717) is 12.1 Å². The number of amides is 2. The Hall–Kier alpha value is -2.87. The zero-order chi connectivity index (χ0) is 27.3. The maximum Gasteiger partial charge on any atom is 0.426 e. The molecule has 1 unspecified atom stereocenters. The van der Waals surface area contributed by atoms with Gasteiger partial charge in [-0.05, 0) is 76.4 Å². The van der Waals surface area contributed by atoms with E-state index in [1.54, 1.807) is 0 Å². The minimum atomic E-state index is -5.24. The number of aliphatic hydroxyl groups is 1. The van der Waals surface area contributed by atoms with Crippen LogP contribution in [0.4, 0.5) is 24.5 Å². The molecule has 0 saturated heterocycles. The van der Waals surface area contributed by atoms with Crippen molar-refractivity contribution < 1.29 is 36.3 Å². The van der Waals surface area contributed by atoms with Gasteiger partial charge in [-0.15, -0.1) is 0 Å². The highest BCUT2D eigenvalue weighted by atomic mass is 35.5. The summed E-state index contributed by atoms with van der Waals surface area (Å²) >= 11 is 5.95. The number of halogens is 4. The van der Waals surface area contributed by atoms with Gasteiger partial charge < -0.3 is 20.6 Å². The number of rotatable bonds is 10. The summed E-state index contributed by atoms with van der Waals surface area (Å²) < 4.78 is 66.2. The van der Waals surface area contributed by atoms with E-state index in [1.807, 2.05) is 24.3 Å². The van der Waals surface area contributed by atoms with Crippen molar-refractivity contribution in [3.05, 3.63) is 53.1 Å².